The van der Waals surface area contributed by atoms with Crippen LogP contribution in [0.3, 0.4) is 0 Å². The zero-order valence-electron chi connectivity index (χ0n) is 8.78. The van der Waals surface area contributed by atoms with E-state index in [0.29, 0.717) is 0 Å². The Morgan fingerprint density at radius 2 is 1.80 bits per heavy atom. The van der Waals surface area contributed by atoms with Gasteiger partial charge in [-0.05, 0) is 36.8 Å². The summed E-state index contributed by atoms with van der Waals surface area (Å²) in [6.07, 6.45) is 4.11. The summed E-state index contributed by atoms with van der Waals surface area (Å²) in [5.41, 5.74) is 0. The minimum Gasteiger partial charge on any atom is -0.363 e. The molecule has 0 radical (unpaired) electrons. The summed E-state index contributed by atoms with van der Waals surface area (Å²) < 4.78 is 1.41. The monoisotopic (exact) mass is 217 g/mol. The van der Waals surface area contributed by atoms with Crippen LogP contribution in [0.25, 0.3) is 10.1 Å². The minimum atomic E-state index is 1.24. The van der Waals surface area contributed by atoms with Crippen LogP contribution >= 0.6 is 11.3 Å². The lowest BCUT2D eigenvalue weighted by Crippen LogP contribution is -2.28. The molecule has 0 aliphatic carbocycles. The smallest absolute Gasteiger partial charge is 0.0920 e. The van der Waals surface area contributed by atoms with Crippen LogP contribution in [0.15, 0.2) is 30.3 Å². The molecule has 1 aliphatic heterocycles. The van der Waals surface area contributed by atoms with Crippen LogP contribution < -0.4 is 4.90 Å². The van der Waals surface area contributed by atoms with E-state index in [1.54, 1.807) is 0 Å². The number of hydrogen-bond donors (Lipinski definition) is 0. The van der Waals surface area contributed by atoms with E-state index in [9.17, 15) is 0 Å². The second-order valence-electron chi connectivity index (χ2n) is 4.17. The summed E-state index contributed by atoms with van der Waals surface area (Å²) in [6, 6.07) is 11.0. The van der Waals surface area contributed by atoms with E-state index in [2.05, 4.69) is 35.2 Å². The van der Waals surface area contributed by atoms with Crippen molar-refractivity contribution in [2.45, 2.75) is 19.3 Å². The maximum Gasteiger partial charge on any atom is 0.0920 e. The Labute approximate surface area is 94.3 Å². The fourth-order valence-electron chi connectivity index (χ4n) is 2.24. The van der Waals surface area contributed by atoms with Gasteiger partial charge in [-0.25, -0.2) is 0 Å². The second-order valence-corrected chi connectivity index (χ2v) is 5.23. The Morgan fingerprint density at radius 3 is 2.60 bits per heavy atom. The molecule has 0 saturated carbocycles. The van der Waals surface area contributed by atoms with Crippen LogP contribution in [0.1, 0.15) is 19.3 Å². The third kappa shape index (κ3) is 1.74. The maximum atomic E-state index is 2.54. The molecule has 0 atom stereocenters. The molecule has 78 valence electrons. The van der Waals surface area contributed by atoms with Crippen molar-refractivity contribution in [3.05, 3.63) is 30.3 Å². The van der Waals surface area contributed by atoms with Crippen LogP contribution in [-0.4, -0.2) is 13.1 Å². The van der Waals surface area contributed by atoms with Gasteiger partial charge in [-0.2, -0.15) is 0 Å². The highest BCUT2D eigenvalue weighted by molar-refractivity contribution is 7.22. The zero-order chi connectivity index (χ0) is 10.1. The molecule has 0 unspecified atom stereocenters. The highest BCUT2D eigenvalue weighted by Crippen LogP contribution is 2.33. The van der Waals surface area contributed by atoms with Crippen molar-refractivity contribution >= 4 is 26.4 Å². The highest BCUT2D eigenvalue weighted by Gasteiger charge is 2.12. The van der Waals surface area contributed by atoms with Crippen LogP contribution in [0.4, 0.5) is 5.00 Å². The molecule has 1 saturated heterocycles. The van der Waals surface area contributed by atoms with Crippen LogP contribution in [0.2, 0.25) is 0 Å². The fraction of sp³-hybridized carbons (Fsp3) is 0.385. The molecule has 3 rings (SSSR count). The average molecular weight is 217 g/mol. The van der Waals surface area contributed by atoms with E-state index in [0.717, 1.165) is 0 Å². The number of benzene rings is 1. The van der Waals surface area contributed by atoms with Crippen molar-refractivity contribution in [1.29, 1.82) is 0 Å². The van der Waals surface area contributed by atoms with Crippen molar-refractivity contribution in [2.75, 3.05) is 18.0 Å². The zero-order valence-corrected chi connectivity index (χ0v) is 9.59. The first-order valence-corrected chi connectivity index (χ1v) is 6.49. The van der Waals surface area contributed by atoms with Gasteiger partial charge in [0, 0.05) is 17.8 Å². The summed E-state index contributed by atoms with van der Waals surface area (Å²) in [5.74, 6) is 0. The molecular formula is C13H15NS. The molecule has 0 amide bonds. The van der Waals surface area contributed by atoms with Gasteiger partial charge in [0.25, 0.3) is 0 Å². The van der Waals surface area contributed by atoms with Gasteiger partial charge in [0.15, 0.2) is 0 Å². The largest absolute Gasteiger partial charge is 0.363 e. The molecule has 2 heteroatoms. The van der Waals surface area contributed by atoms with Crippen LogP contribution in [0, 0.1) is 0 Å². The van der Waals surface area contributed by atoms with Crippen molar-refractivity contribution in [3.63, 3.8) is 0 Å². The van der Waals surface area contributed by atoms with E-state index < -0.39 is 0 Å². The topological polar surface area (TPSA) is 3.24 Å². The molecule has 0 spiro atoms. The normalized spacial score (nSPS) is 17.2. The van der Waals surface area contributed by atoms with E-state index in [1.807, 2.05) is 11.3 Å². The molecule has 2 heterocycles. The minimum absolute atomic E-state index is 1.24. The summed E-state index contributed by atoms with van der Waals surface area (Å²) in [4.78, 5) is 2.54. The Kier molecular flexibility index (Phi) is 2.37. The van der Waals surface area contributed by atoms with Crippen molar-refractivity contribution in [2.24, 2.45) is 0 Å². The standard InChI is InChI=1S/C13H15NS/c1-4-8-14(9-5-1)13-10-11-6-2-3-7-12(11)15-13/h2-3,6-7,10H,1,4-5,8-9H2. The average Bonchev–Trinajstić information content (AvgIpc) is 2.74. The molecule has 2 aromatic rings. The van der Waals surface area contributed by atoms with Gasteiger partial charge >= 0.3 is 0 Å². The van der Waals surface area contributed by atoms with Gasteiger partial charge in [0.05, 0.1) is 5.00 Å². The lowest BCUT2D eigenvalue weighted by Gasteiger charge is -2.26. The molecule has 1 aromatic carbocycles. The Bertz CT molecular complexity index is 421. The number of piperidine rings is 1. The molecule has 1 nitrogen and oxygen atoms in total. The molecule has 15 heavy (non-hydrogen) atoms. The first kappa shape index (κ1) is 9.22. The third-order valence-electron chi connectivity index (χ3n) is 3.08. The molecule has 1 aliphatic rings. The summed E-state index contributed by atoms with van der Waals surface area (Å²) in [6.45, 7) is 2.49. The Hall–Kier alpha value is -1.02. The lowest BCUT2D eigenvalue weighted by atomic mass is 10.1. The van der Waals surface area contributed by atoms with Crippen molar-refractivity contribution in [1.82, 2.24) is 0 Å². The van der Waals surface area contributed by atoms with Crippen LogP contribution in [0.5, 0.6) is 0 Å². The Morgan fingerprint density at radius 1 is 1.00 bits per heavy atom. The van der Waals surface area contributed by atoms with E-state index >= 15 is 0 Å². The van der Waals surface area contributed by atoms with Crippen LogP contribution in [-0.2, 0) is 0 Å². The first-order chi connectivity index (χ1) is 7.43. The van der Waals surface area contributed by atoms with Gasteiger partial charge in [-0.15, -0.1) is 11.3 Å². The molecule has 1 fully saturated rings. The van der Waals surface area contributed by atoms with E-state index in [4.69, 9.17) is 0 Å². The highest BCUT2D eigenvalue weighted by atomic mass is 32.1. The number of thiophene rings is 1. The summed E-state index contributed by atoms with van der Waals surface area (Å²) >= 11 is 1.93. The Balaban J connectivity index is 1.96. The number of fused-ring (bicyclic) bond motifs is 1. The predicted octanol–water partition coefficient (Wildman–Crippen LogP) is 3.89. The lowest BCUT2D eigenvalue weighted by molar-refractivity contribution is 0.580. The van der Waals surface area contributed by atoms with Gasteiger partial charge in [0.1, 0.15) is 0 Å². The summed E-state index contributed by atoms with van der Waals surface area (Å²) in [7, 11) is 0. The molecule has 1 aromatic heterocycles. The number of hydrogen-bond acceptors (Lipinski definition) is 2. The van der Waals surface area contributed by atoms with Gasteiger partial charge in [-0.3, -0.25) is 0 Å². The number of anilines is 1. The maximum absolute atomic E-state index is 2.54. The van der Waals surface area contributed by atoms with Gasteiger partial charge < -0.3 is 4.90 Å². The molecular weight excluding hydrogens is 202 g/mol. The molecule has 0 bridgehead atoms. The number of nitrogens with zero attached hydrogens (tertiary/aromatic N) is 1. The van der Waals surface area contributed by atoms with E-state index in [-0.39, 0.29) is 0 Å². The predicted molar refractivity (Wildman–Crippen MR) is 67.9 cm³/mol. The van der Waals surface area contributed by atoms with Crippen molar-refractivity contribution < 1.29 is 0 Å². The van der Waals surface area contributed by atoms with Crippen molar-refractivity contribution in [3.8, 4) is 0 Å². The number of rotatable bonds is 1. The first-order valence-electron chi connectivity index (χ1n) is 5.67. The fourth-order valence-corrected chi connectivity index (χ4v) is 3.35. The third-order valence-corrected chi connectivity index (χ3v) is 4.26. The quantitative estimate of drug-likeness (QED) is 0.700. The van der Waals surface area contributed by atoms with E-state index in [1.165, 1.54) is 47.4 Å². The molecule has 0 N–H and O–H groups in total. The second kappa shape index (κ2) is 3.86. The summed E-state index contributed by atoms with van der Waals surface area (Å²) in [5, 5.41) is 2.85. The SMILES string of the molecule is c1ccc2sc(N3CCCCC3)cc2c1. The van der Waals surface area contributed by atoms with Gasteiger partial charge in [0.2, 0.25) is 0 Å². The van der Waals surface area contributed by atoms with Gasteiger partial charge in [-0.1, -0.05) is 18.2 Å².